The summed E-state index contributed by atoms with van der Waals surface area (Å²) in [5.41, 5.74) is 3.14. The Morgan fingerprint density at radius 3 is 2.08 bits per heavy atom. The SMILES string of the molecule is O=c1c(-c2ccccc2)c([O-])[n+]2c3ccccc3c(OCc3ccccc3)cc2n1-c1ccccc1. The molecule has 4 aromatic carbocycles. The number of rotatable bonds is 5. The maximum absolute atomic E-state index is 13.9. The fraction of sp³-hybridized carbons (Fsp3) is 0.0323. The molecule has 0 aliphatic carbocycles. The number of nitrogens with zero attached hydrogens (tertiary/aromatic N) is 2. The van der Waals surface area contributed by atoms with Gasteiger partial charge in [-0.1, -0.05) is 91.0 Å². The first kappa shape index (κ1) is 21.6. The second-order valence-corrected chi connectivity index (χ2v) is 8.52. The molecule has 0 aliphatic heterocycles. The summed E-state index contributed by atoms with van der Waals surface area (Å²) in [7, 11) is 0. The number of aromatic nitrogens is 2. The van der Waals surface area contributed by atoms with Gasteiger partial charge in [-0.15, -0.1) is 0 Å². The minimum absolute atomic E-state index is 0.125. The van der Waals surface area contributed by atoms with Gasteiger partial charge in [0.1, 0.15) is 29.1 Å². The molecule has 6 aromatic rings. The van der Waals surface area contributed by atoms with E-state index in [-0.39, 0.29) is 17.0 Å². The maximum atomic E-state index is 13.9. The molecule has 0 N–H and O–H groups in total. The molecule has 0 amide bonds. The molecule has 36 heavy (non-hydrogen) atoms. The van der Waals surface area contributed by atoms with Crippen molar-refractivity contribution in [3.63, 3.8) is 0 Å². The Morgan fingerprint density at radius 2 is 1.36 bits per heavy atom. The molecule has 0 radical (unpaired) electrons. The lowest BCUT2D eigenvalue weighted by atomic mass is 10.1. The minimum atomic E-state index is -0.373. The topological polar surface area (TPSA) is 58.4 Å². The van der Waals surface area contributed by atoms with Gasteiger partial charge in [-0.2, -0.15) is 4.57 Å². The molecule has 0 saturated heterocycles. The number of ether oxygens (including phenoxy) is 1. The lowest BCUT2D eigenvalue weighted by molar-refractivity contribution is -0.565. The van der Waals surface area contributed by atoms with Crippen LogP contribution >= 0.6 is 0 Å². The highest BCUT2D eigenvalue weighted by molar-refractivity contribution is 5.85. The van der Waals surface area contributed by atoms with Crippen LogP contribution in [-0.4, -0.2) is 4.57 Å². The molecule has 2 aromatic heterocycles. The van der Waals surface area contributed by atoms with Gasteiger partial charge in [0.05, 0.1) is 17.3 Å². The van der Waals surface area contributed by atoms with E-state index >= 15 is 0 Å². The molecule has 5 heteroatoms. The first-order valence-electron chi connectivity index (χ1n) is 11.7. The highest BCUT2D eigenvalue weighted by Gasteiger charge is 2.25. The Bertz CT molecular complexity index is 1750. The number of pyridine rings is 1. The Morgan fingerprint density at radius 1 is 0.750 bits per heavy atom. The summed E-state index contributed by atoms with van der Waals surface area (Å²) in [5.74, 6) is 0.240. The van der Waals surface area contributed by atoms with E-state index in [0.29, 0.717) is 34.8 Å². The Kier molecular flexibility index (Phi) is 5.43. The molecule has 0 atom stereocenters. The van der Waals surface area contributed by atoms with Crippen molar-refractivity contribution in [1.29, 1.82) is 0 Å². The first-order chi connectivity index (χ1) is 17.7. The van der Waals surface area contributed by atoms with Crippen molar-refractivity contribution < 1.29 is 14.2 Å². The third kappa shape index (κ3) is 3.67. The molecule has 0 aliphatic rings. The summed E-state index contributed by atoms with van der Waals surface area (Å²) in [5, 5.41) is 14.7. The fourth-order valence-corrected chi connectivity index (χ4v) is 4.59. The largest absolute Gasteiger partial charge is 0.841 e. The minimum Gasteiger partial charge on any atom is -0.841 e. The highest BCUT2D eigenvalue weighted by Crippen LogP contribution is 2.30. The molecule has 174 valence electrons. The van der Waals surface area contributed by atoms with Crippen molar-refractivity contribution in [3.8, 4) is 28.4 Å². The van der Waals surface area contributed by atoms with Gasteiger partial charge in [0.25, 0.3) is 5.65 Å². The summed E-state index contributed by atoms with van der Waals surface area (Å²) in [6.07, 6.45) is 0. The van der Waals surface area contributed by atoms with E-state index in [1.165, 1.54) is 0 Å². The molecule has 5 nitrogen and oxygen atoms in total. The van der Waals surface area contributed by atoms with E-state index < -0.39 is 0 Å². The van der Waals surface area contributed by atoms with Gasteiger partial charge in [-0.05, 0) is 35.4 Å². The van der Waals surface area contributed by atoms with Crippen LogP contribution in [0.1, 0.15) is 5.56 Å². The normalized spacial score (nSPS) is 11.1. The predicted molar refractivity (Wildman–Crippen MR) is 138 cm³/mol. The molecule has 0 unspecified atom stereocenters. The standard InChI is InChI=1S/C31H22N2O3/c34-30-29(23-14-6-2-7-15-23)31(35)33-26-19-11-10-18-25(26)27(36-21-22-12-4-1-5-13-22)20-28(33)32(30)24-16-8-3-9-17-24/h1-20H,21H2. The third-order valence-corrected chi connectivity index (χ3v) is 6.28. The first-order valence-corrected chi connectivity index (χ1v) is 11.7. The number of fused-ring (bicyclic) bond motifs is 3. The summed E-state index contributed by atoms with van der Waals surface area (Å²) in [4.78, 5) is 13.9. The lowest BCUT2D eigenvalue weighted by Crippen LogP contribution is -2.38. The number of para-hydroxylation sites is 2. The fourth-order valence-electron chi connectivity index (χ4n) is 4.59. The third-order valence-electron chi connectivity index (χ3n) is 6.28. The van der Waals surface area contributed by atoms with Crippen LogP contribution in [0.3, 0.4) is 0 Å². The van der Waals surface area contributed by atoms with Crippen molar-refractivity contribution in [2.75, 3.05) is 0 Å². The predicted octanol–water partition coefficient (Wildman–Crippen LogP) is 5.05. The second kappa shape index (κ2) is 9.04. The summed E-state index contributed by atoms with van der Waals surface area (Å²) in [6, 6.07) is 37.8. The summed E-state index contributed by atoms with van der Waals surface area (Å²) >= 11 is 0. The van der Waals surface area contributed by atoms with Crippen molar-refractivity contribution in [2.24, 2.45) is 0 Å². The van der Waals surface area contributed by atoms with Crippen LogP contribution in [-0.2, 0) is 6.61 Å². The van der Waals surface area contributed by atoms with E-state index in [4.69, 9.17) is 4.74 Å². The van der Waals surface area contributed by atoms with Gasteiger partial charge in [-0.3, -0.25) is 0 Å². The van der Waals surface area contributed by atoms with Crippen molar-refractivity contribution >= 4 is 16.6 Å². The van der Waals surface area contributed by atoms with Crippen molar-refractivity contribution in [1.82, 2.24) is 4.57 Å². The van der Waals surface area contributed by atoms with E-state index in [0.717, 1.165) is 10.9 Å². The van der Waals surface area contributed by atoms with Gasteiger partial charge >= 0.3 is 5.56 Å². The van der Waals surface area contributed by atoms with Crippen LogP contribution in [0.2, 0.25) is 0 Å². The molecule has 0 fully saturated rings. The van der Waals surface area contributed by atoms with Crippen LogP contribution in [0.5, 0.6) is 11.6 Å². The van der Waals surface area contributed by atoms with Gasteiger partial charge in [0.2, 0.25) is 0 Å². The smallest absolute Gasteiger partial charge is 0.350 e. The van der Waals surface area contributed by atoms with E-state index in [2.05, 4.69) is 0 Å². The van der Waals surface area contributed by atoms with Crippen molar-refractivity contribution in [2.45, 2.75) is 6.61 Å². The molecule has 2 heterocycles. The zero-order valence-electron chi connectivity index (χ0n) is 19.4. The molecular weight excluding hydrogens is 448 g/mol. The van der Waals surface area contributed by atoms with E-state index in [9.17, 15) is 9.90 Å². The van der Waals surface area contributed by atoms with E-state index in [1.54, 1.807) is 27.2 Å². The van der Waals surface area contributed by atoms with Crippen LogP contribution < -0.4 is 19.8 Å². The zero-order chi connectivity index (χ0) is 24.5. The van der Waals surface area contributed by atoms with Gasteiger partial charge in [0, 0.05) is 0 Å². The van der Waals surface area contributed by atoms with Crippen LogP contribution in [0.15, 0.2) is 126 Å². The number of hydrogen-bond donors (Lipinski definition) is 0. The summed E-state index contributed by atoms with van der Waals surface area (Å²) < 4.78 is 9.47. The Balaban J connectivity index is 1.70. The maximum Gasteiger partial charge on any atom is 0.350 e. The Labute approximate surface area is 207 Å². The van der Waals surface area contributed by atoms with Crippen LogP contribution in [0.25, 0.3) is 33.4 Å². The quantitative estimate of drug-likeness (QED) is 0.262. The summed E-state index contributed by atoms with van der Waals surface area (Å²) in [6.45, 7) is 0.364. The van der Waals surface area contributed by atoms with Gasteiger partial charge in [0.15, 0.2) is 0 Å². The van der Waals surface area contributed by atoms with E-state index in [1.807, 2.05) is 103 Å². The second-order valence-electron chi connectivity index (χ2n) is 8.52. The van der Waals surface area contributed by atoms with Gasteiger partial charge in [-0.25, -0.2) is 9.20 Å². The Hall–Kier alpha value is -4.90. The van der Waals surface area contributed by atoms with Crippen LogP contribution in [0, 0.1) is 0 Å². The monoisotopic (exact) mass is 470 g/mol. The molecule has 0 spiro atoms. The highest BCUT2D eigenvalue weighted by atomic mass is 16.5. The average molecular weight is 471 g/mol. The number of hydrogen-bond acceptors (Lipinski definition) is 3. The van der Waals surface area contributed by atoms with Crippen molar-refractivity contribution in [3.05, 3.63) is 137 Å². The van der Waals surface area contributed by atoms with Gasteiger partial charge < -0.3 is 9.84 Å². The average Bonchev–Trinajstić information content (AvgIpc) is 2.93. The molecule has 6 rings (SSSR count). The number of benzene rings is 4. The molecule has 0 bridgehead atoms. The van der Waals surface area contributed by atoms with Crippen LogP contribution in [0.4, 0.5) is 0 Å². The molecule has 0 saturated carbocycles. The lowest BCUT2D eigenvalue weighted by Gasteiger charge is -2.18. The zero-order valence-corrected chi connectivity index (χ0v) is 19.4. The molecular formula is C31H22N2O3.